The summed E-state index contributed by atoms with van der Waals surface area (Å²) in [6.45, 7) is 0. The Bertz CT molecular complexity index is 885. The molecule has 4 rings (SSSR count). The van der Waals surface area contributed by atoms with E-state index in [4.69, 9.17) is 0 Å². The monoisotopic (exact) mass is 325 g/mol. The van der Waals surface area contributed by atoms with E-state index in [1.807, 2.05) is 60.8 Å². The summed E-state index contributed by atoms with van der Waals surface area (Å²) in [5.41, 5.74) is 4.35. The predicted molar refractivity (Wildman–Crippen MR) is 100 cm³/mol. The molecule has 2 nitrogen and oxygen atoms in total. The minimum atomic E-state index is 0.0729. The first-order valence-electron chi connectivity index (χ1n) is 8.58. The molecule has 0 bridgehead atoms. The highest BCUT2D eigenvalue weighted by Gasteiger charge is 2.34. The fourth-order valence-electron chi connectivity index (χ4n) is 3.70. The Morgan fingerprint density at radius 3 is 2.16 bits per heavy atom. The maximum absolute atomic E-state index is 12.5. The molecule has 0 radical (unpaired) electrons. The smallest absolute Gasteiger partial charge is 0.156 e. The van der Waals surface area contributed by atoms with Crippen LogP contribution in [0.5, 0.6) is 0 Å². The molecule has 0 amide bonds. The van der Waals surface area contributed by atoms with Gasteiger partial charge < -0.3 is 0 Å². The lowest BCUT2D eigenvalue weighted by Crippen LogP contribution is -2.22. The Labute approximate surface area is 147 Å². The molecule has 2 unspecified atom stereocenters. The normalized spacial score (nSPS) is 20.2. The number of benzene rings is 2. The summed E-state index contributed by atoms with van der Waals surface area (Å²) in [6.07, 6.45) is 4.16. The number of carbonyl (C=O) groups is 1. The van der Waals surface area contributed by atoms with Crippen molar-refractivity contribution in [2.24, 2.45) is 0 Å². The van der Waals surface area contributed by atoms with Crippen molar-refractivity contribution in [3.8, 4) is 0 Å². The van der Waals surface area contributed by atoms with Crippen LogP contribution in [0.4, 0.5) is 0 Å². The fraction of sp³-hybridized carbons (Fsp3) is 0.130. The van der Waals surface area contributed by atoms with Gasteiger partial charge in [0, 0.05) is 30.1 Å². The molecule has 2 atom stereocenters. The van der Waals surface area contributed by atoms with Gasteiger partial charge in [-0.05, 0) is 34.9 Å². The van der Waals surface area contributed by atoms with E-state index in [2.05, 4.69) is 35.3 Å². The molecule has 1 heterocycles. The minimum Gasteiger partial charge on any atom is -0.295 e. The standard InChI is InChI=1S/C23H19NO/c25-19-15-20(17-9-3-1-4-10-17)23(22-13-7-8-14-24-22)21(16-19)18-11-5-2-6-12-18/h1-15,21,23H,16H2. The van der Waals surface area contributed by atoms with Gasteiger partial charge in [-0.1, -0.05) is 66.7 Å². The minimum absolute atomic E-state index is 0.0729. The highest BCUT2D eigenvalue weighted by molar-refractivity contribution is 6.01. The third kappa shape index (κ3) is 3.16. The molecule has 0 saturated carbocycles. The molecule has 1 aromatic heterocycles. The van der Waals surface area contributed by atoms with E-state index in [-0.39, 0.29) is 17.6 Å². The third-order valence-electron chi connectivity index (χ3n) is 4.82. The van der Waals surface area contributed by atoms with Crippen molar-refractivity contribution in [2.75, 3.05) is 0 Å². The second-order valence-corrected chi connectivity index (χ2v) is 6.39. The van der Waals surface area contributed by atoms with E-state index in [1.54, 1.807) is 0 Å². The highest BCUT2D eigenvalue weighted by atomic mass is 16.1. The zero-order valence-corrected chi connectivity index (χ0v) is 13.9. The van der Waals surface area contributed by atoms with E-state index in [0.29, 0.717) is 6.42 Å². The van der Waals surface area contributed by atoms with Gasteiger partial charge in [-0.2, -0.15) is 0 Å². The van der Waals surface area contributed by atoms with Crippen LogP contribution in [0.3, 0.4) is 0 Å². The van der Waals surface area contributed by atoms with Crippen LogP contribution in [-0.4, -0.2) is 10.8 Å². The van der Waals surface area contributed by atoms with E-state index in [9.17, 15) is 4.79 Å². The third-order valence-corrected chi connectivity index (χ3v) is 4.82. The van der Waals surface area contributed by atoms with Crippen LogP contribution in [-0.2, 0) is 4.79 Å². The summed E-state index contributed by atoms with van der Waals surface area (Å²) in [6, 6.07) is 26.5. The van der Waals surface area contributed by atoms with Gasteiger partial charge in [-0.25, -0.2) is 0 Å². The van der Waals surface area contributed by atoms with Crippen LogP contribution in [0, 0.1) is 0 Å². The number of pyridine rings is 1. The zero-order chi connectivity index (χ0) is 17.1. The van der Waals surface area contributed by atoms with E-state index in [1.165, 1.54) is 5.56 Å². The van der Waals surface area contributed by atoms with Crippen molar-refractivity contribution >= 4 is 11.4 Å². The van der Waals surface area contributed by atoms with Crippen LogP contribution in [0.15, 0.2) is 91.1 Å². The molecule has 0 spiro atoms. The number of ketones is 1. The number of aromatic nitrogens is 1. The van der Waals surface area contributed by atoms with Crippen LogP contribution >= 0.6 is 0 Å². The molecule has 1 aliphatic rings. The average molecular weight is 325 g/mol. The maximum Gasteiger partial charge on any atom is 0.156 e. The van der Waals surface area contributed by atoms with Gasteiger partial charge in [-0.3, -0.25) is 9.78 Å². The number of hydrogen-bond donors (Lipinski definition) is 0. The number of rotatable bonds is 3. The van der Waals surface area contributed by atoms with Crippen molar-refractivity contribution in [3.63, 3.8) is 0 Å². The SMILES string of the molecule is O=C1C=C(c2ccccc2)C(c2ccccn2)C(c2ccccc2)C1. The average Bonchev–Trinajstić information content (AvgIpc) is 2.69. The Kier molecular flexibility index (Phi) is 4.26. The zero-order valence-electron chi connectivity index (χ0n) is 13.9. The molecule has 3 aromatic rings. The van der Waals surface area contributed by atoms with E-state index in [0.717, 1.165) is 16.8 Å². The molecule has 0 aliphatic heterocycles. The summed E-state index contributed by atoms with van der Waals surface area (Å²) < 4.78 is 0. The van der Waals surface area contributed by atoms with Crippen molar-refractivity contribution in [3.05, 3.63) is 108 Å². The van der Waals surface area contributed by atoms with Crippen LogP contribution in [0.2, 0.25) is 0 Å². The van der Waals surface area contributed by atoms with Gasteiger partial charge >= 0.3 is 0 Å². The summed E-state index contributed by atoms with van der Waals surface area (Å²) in [5.74, 6) is 0.354. The van der Waals surface area contributed by atoms with Crippen LogP contribution < -0.4 is 0 Å². The highest BCUT2D eigenvalue weighted by Crippen LogP contribution is 2.46. The lowest BCUT2D eigenvalue weighted by Gasteiger charge is -2.32. The molecule has 0 N–H and O–H groups in total. The second kappa shape index (κ2) is 6.86. The Balaban J connectivity index is 1.88. The van der Waals surface area contributed by atoms with Crippen LogP contribution in [0.1, 0.15) is 35.1 Å². The maximum atomic E-state index is 12.5. The van der Waals surface area contributed by atoms with Crippen molar-refractivity contribution < 1.29 is 4.79 Å². The summed E-state index contributed by atoms with van der Waals surface area (Å²) in [5, 5.41) is 0. The van der Waals surface area contributed by atoms with Gasteiger partial charge in [0.05, 0.1) is 0 Å². The van der Waals surface area contributed by atoms with E-state index >= 15 is 0 Å². The first-order chi connectivity index (χ1) is 12.3. The number of nitrogens with zero attached hydrogens (tertiary/aromatic N) is 1. The number of carbonyl (C=O) groups excluding carboxylic acids is 1. The summed E-state index contributed by atoms with van der Waals surface area (Å²) in [4.78, 5) is 17.1. The van der Waals surface area contributed by atoms with Crippen LogP contribution in [0.25, 0.3) is 5.57 Å². The molecule has 2 heteroatoms. The van der Waals surface area contributed by atoms with Gasteiger partial charge in [0.2, 0.25) is 0 Å². The summed E-state index contributed by atoms with van der Waals surface area (Å²) in [7, 11) is 0. The molecular formula is C23H19NO. The van der Waals surface area contributed by atoms with Gasteiger partial charge in [0.25, 0.3) is 0 Å². The van der Waals surface area contributed by atoms with E-state index < -0.39 is 0 Å². The molecule has 0 saturated heterocycles. The first kappa shape index (κ1) is 15.5. The summed E-state index contributed by atoms with van der Waals surface area (Å²) >= 11 is 0. The molecule has 2 aromatic carbocycles. The Morgan fingerprint density at radius 1 is 0.800 bits per heavy atom. The van der Waals surface area contributed by atoms with Gasteiger partial charge in [0.15, 0.2) is 5.78 Å². The predicted octanol–water partition coefficient (Wildman–Crippen LogP) is 5.01. The van der Waals surface area contributed by atoms with Crippen molar-refractivity contribution in [1.82, 2.24) is 4.98 Å². The van der Waals surface area contributed by atoms with Crippen molar-refractivity contribution in [2.45, 2.75) is 18.3 Å². The second-order valence-electron chi connectivity index (χ2n) is 6.39. The Morgan fingerprint density at radius 2 is 1.48 bits per heavy atom. The topological polar surface area (TPSA) is 30.0 Å². The Hall–Kier alpha value is -3.00. The number of allylic oxidation sites excluding steroid dienone is 2. The van der Waals surface area contributed by atoms with Gasteiger partial charge in [0.1, 0.15) is 0 Å². The largest absolute Gasteiger partial charge is 0.295 e. The molecular weight excluding hydrogens is 306 g/mol. The fourth-order valence-corrected chi connectivity index (χ4v) is 3.70. The van der Waals surface area contributed by atoms with Crippen molar-refractivity contribution in [1.29, 1.82) is 0 Å². The van der Waals surface area contributed by atoms with Gasteiger partial charge in [-0.15, -0.1) is 0 Å². The molecule has 0 fully saturated rings. The lowest BCUT2D eigenvalue weighted by molar-refractivity contribution is -0.115. The number of hydrogen-bond acceptors (Lipinski definition) is 2. The molecule has 1 aliphatic carbocycles. The molecule has 25 heavy (non-hydrogen) atoms. The first-order valence-corrected chi connectivity index (χ1v) is 8.58. The lowest BCUT2D eigenvalue weighted by atomic mass is 9.71. The molecule has 122 valence electrons. The quantitative estimate of drug-likeness (QED) is 0.678.